The highest BCUT2D eigenvalue weighted by Crippen LogP contribution is 2.33. The van der Waals surface area contributed by atoms with Gasteiger partial charge in [0, 0.05) is 6.10 Å². The molecule has 1 nitrogen and oxygen atoms in total. The van der Waals surface area contributed by atoms with Gasteiger partial charge in [-0.25, -0.2) is 0 Å². The maximum absolute atomic E-state index is 5.87. The third-order valence-corrected chi connectivity index (χ3v) is 5.52. The molecule has 0 aliphatic heterocycles. The highest BCUT2D eigenvalue weighted by Gasteiger charge is 2.24. The van der Waals surface area contributed by atoms with Gasteiger partial charge in [-0.15, -0.1) is 0 Å². The fourth-order valence-electron chi connectivity index (χ4n) is 1.97. The molecule has 66 valence electrons. The van der Waals surface area contributed by atoms with E-state index >= 15 is 0 Å². The van der Waals surface area contributed by atoms with Crippen molar-refractivity contribution < 1.29 is 4.43 Å². The second-order valence-electron chi connectivity index (χ2n) is 3.93. The first-order valence-electron chi connectivity index (χ1n) is 4.85. The molecule has 0 aromatic carbocycles. The fourth-order valence-corrected chi connectivity index (χ4v) is 4.46. The highest BCUT2D eigenvalue weighted by atomic mass is 28.3. The summed E-state index contributed by atoms with van der Waals surface area (Å²) in [7, 11) is -0.812. The first-order chi connectivity index (χ1) is 5.20. The van der Waals surface area contributed by atoms with Crippen molar-refractivity contribution in [1.82, 2.24) is 0 Å². The Kier molecular flexibility index (Phi) is 3.59. The molecule has 0 heterocycles. The van der Waals surface area contributed by atoms with Crippen LogP contribution in [0, 0.1) is 0 Å². The molecule has 1 aliphatic carbocycles. The van der Waals surface area contributed by atoms with Crippen LogP contribution in [0.3, 0.4) is 0 Å². The lowest BCUT2D eigenvalue weighted by molar-refractivity contribution is 0.238. The Labute approximate surface area is 71.9 Å². The van der Waals surface area contributed by atoms with E-state index in [9.17, 15) is 0 Å². The summed E-state index contributed by atoms with van der Waals surface area (Å²) in [6, 6.07) is 0. The molecule has 2 heteroatoms. The molecule has 0 bridgehead atoms. The van der Waals surface area contributed by atoms with Crippen LogP contribution in [-0.2, 0) is 4.43 Å². The molecule has 1 fully saturated rings. The Morgan fingerprint density at radius 1 is 1.27 bits per heavy atom. The average molecular weight is 172 g/mol. The zero-order valence-electron chi connectivity index (χ0n) is 7.97. The molecule has 1 atom stereocenters. The van der Waals surface area contributed by atoms with Crippen molar-refractivity contribution in [2.45, 2.75) is 57.7 Å². The van der Waals surface area contributed by atoms with Crippen LogP contribution in [0.5, 0.6) is 0 Å². The maximum atomic E-state index is 5.87. The predicted octanol–water partition coefficient (Wildman–Crippen LogP) is 2.71. The summed E-state index contributed by atoms with van der Waals surface area (Å²) in [5.74, 6) is 0. The molecule has 0 aromatic rings. The second-order valence-corrected chi connectivity index (χ2v) is 6.56. The Hall–Kier alpha value is 0.177. The zero-order valence-corrected chi connectivity index (χ0v) is 9.12. The lowest BCUT2D eigenvalue weighted by Crippen LogP contribution is -2.23. The van der Waals surface area contributed by atoms with Crippen molar-refractivity contribution in [3.8, 4) is 0 Å². The van der Waals surface area contributed by atoms with Gasteiger partial charge in [-0.2, -0.15) is 0 Å². The summed E-state index contributed by atoms with van der Waals surface area (Å²) in [6.45, 7) is 6.66. The van der Waals surface area contributed by atoms with E-state index in [0.29, 0.717) is 6.10 Å². The van der Waals surface area contributed by atoms with E-state index in [0.717, 1.165) is 5.54 Å². The molecule has 1 saturated carbocycles. The van der Waals surface area contributed by atoms with Gasteiger partial charge in [-0.1, -0.05) is 25.7 Å². The van der Waals surface area contributed by atoms with Crippen molar-refractivity contribution in [2.24, 2.45) is 0 Å². The van der Waals surface area contributed by atoms with Crippen molar-refractivity contribution >= 4 is 9.04 Å². The van der Waals surface area contributed by atoms with Gasteiger partial charge in [0.05, 0.1) is 0 Å². The summed E-state index contributed by atoms with van der Waals surface area (Å²) in [5.41, 5.74) is 0.984. The Morgan fingerprint density at radius 3 is 2.27 bits per heavy atom. The molecule has 0 radical (unpaired) electrons. The van der Waals surface area contributed by atoms with Crippen LogP contribution in [0.4, 0.5) is 0 Å². The van der Waals surface area contributed by atoms with Crippen molar-refractivity contribution in [3.05, 3.63) is 0 Å². The van der Waals surface area contributed by atoms with E-state index in [2.05, 4.69) is 20.4 Å². The monoisotopic (exact) mass is 172 g/mol. The van der Waals surface area contributed by atoms with Gasteiger partial charge in [0.1, 0.15) is 0 Å². The molecule has 1 unspecified atom stereocenters. The van der Waals surface area contributed by atoms with Crippen molar-refractivity contribution in [3.63, 3.8) is 0 Å². The smallest absolute Gasteiger partial charge is 0.177 e. The minimum atomic E-state index is -0.812. The number of rotatable bonds is 3. The molecule has 0 aromatic heterocycles. The van der Waals surface area contributed by atoms with Gasteiger partial charge < -0.3 is 4.43 Å². The first kappa shape index (κ1) is 9.27. The summed E-state index contributed by atoms with van der Waals surface area (Å²) in [6.07, 6.45) is 6.24. The van der Waals surface area contributed by atoms with Gasteiger partial charge in [-0.05, 0) is 25.9 Å². The van der Waals surface area contributed by atoms with Gasteiger partial charge in [0.15, 0.2) is 9.04 Å². The van der Waals surface area contributed by atoms with Crippen molar-refractivity contribution in [1.29, 1.82) is 0 Å². The van der Waals surface area contributed by atoms with E-state index in [1.165, 1.54) is 25.7 Å². The first-order valence-corrected chi connectivity index (χ1v) is 7.15. The molecule has 11 heavy (non-hydrogen) atoms. The van der Waals surface area contributed by atoms with E-state index in [4.69, 9.17) is 4.43 Å². The molecule has 1 rings (SSSR count). The molecule has 0 saturated heterocycles. The van der Waals surface area contributed by atoms with Gasteiger partial charge in [0.25, 0.3) is 0 Å². The normalized spacial score (nSPS) is 22.9. The SMILES string of the molecule is CC(C)O[SiH](C)C1CCCC1. The summed E-state index contributed by atoms with van der Waals surface area (Å²) < 4.78 is 5.87. The Balaban J connectivity index is 2.22. The summed E-state index contributed by atoms with van der Waals surface area (Å²) in [4.78, 5) is 0. The fraction of sp³-hybridized carbons (Fsp3) is 1.00. The highest BCUT2D eigenvalue weighted by molar-refractivity contribution is 6.52. The summed E-state index contributed by atoms with van der Waals surface area (Å²) in [5, 5.41) is 0. The lowest BCUT2D eigenvalue weighted by Gasteiger charge is -2.20. The minimum absolute atomic E-state index is 0.456. The van der Waals surface area contributed by atoms with Crippen LogP contribution in [0.1, 0.15) is 39.5 Å². The van der Waals surface area contributed by atoms with Gasteiger partial charge >= 0.3 is 0 Å². The van der Waals surface area contributed by atoms with Crippen LogP contribution in [0.15, 0.2) is 0 Å². The largest absolute Gasteiger partial charge is 0.418 e. The lowest BCUT2D eigenvalue weighted by atomic mass is 10.4. The van der Waals surface area contributed by atoms with E-state index in [1.807, 2.05) is 0 Å². The number of hydrogen-bond donors (Lipinski definition) is 0. The molecule has 0 N–H and O–H groups in total. The third-order valence-electron chi connectivity index (χ3n) is 2.55. The average Bonchev–Trinajstić information content (AvgIpc) is 2.35. The standard InChI is InChI=1S/C9H20OSi/c1-8(2)10-11(3)9-6-4-5-7-9/h8-9,11H,4-7H2,1-3H3. The van der Waals surface area contributed by atoms with Crippen LogP contribution in [0.2, 0.25) is 12.1 Å². The quantitative estimate of drug-likeness (QED) is 0.595. The Morgan fingerprint density at radius 2 is 1.82 bits per heavy atom. The van der Waals surface area contributed by atoms with Gasteiger partial charge in [0.2, 0.25) is 0 Å². The molecular weight excluding hydrogens is 152 g/mol. The van der Waals surface area contributed by atoms with Crippen molar-refractivity contribution in [2.75, 3.05) is 0 Å². The van der Waals surface area contributed by atoms with Crippen LogP contribution < -0.4 is 0 Å². The third kappa shape index (κ3) is 2.95. The predicted molar refractivity (Wildman–Crippen MR) is 51.5 cm³/mol. The maximum Gasteiger partial charge on any atom is 0.177 e. The van der Waals surface area contributed by atoms with Crippen LogP contribution >= 0.6 is 0 Å². The molecule has 0 amide bonds. The molecular formula is C9H20OSi. The summed E-state index contributed by atoms with van der Waals surface area (Å²) >= 11 is 0. The van der Waals surface area contributed by atoms with E-state index in [1.54, 1.807) is 0 Å². The topological polar surface area (TPSA) is 9.23 Å². The number of hydrogen-bond acceptors (Lipinski definition) is 1. The second kappa shape index (κ2) is 4.26. The van der Waals surface area contributed by atoms with Crippen LogP contribution in [-0.4, -0.2) is 15.1 Å². The van der Waals surface area contributed by atoms with Gasteiger partial charge in [-0.3, -0.25) is 0 Å². The zero-order chi connectivity index (χ0) is 8.27. The van der Waals surface area contributed by atoms with Crippen LogP contribution in [0.25, 0.3) is 0 Å². The Bertz CT molecular complexity index is 108. The van der Waals surface area contributed by atoms with E-state index in [-0.39, 0.29) is 0 Å². The molecule has 1 aliphatic rings. The molecule has 0 spiro atoms. The minimum Gasteiger partial charge on any atom is -0.418 e. The van der Waals surface area contributed by atoms with E-state index < -0.39 is 9.04 Å².